The second-order valence-corrected chi connectivity index (χ2v) is 7.26. The molecule has 0 aliphatic rings. The fraction of sp³-hybridized carbons (Fsp3) is 0.333. The minimum atomic E-state index is -0.0438. The van der Waals surface area contributed by atoms with Crippen LogP contribution in [0.4, 0.5) is 0 Å². The van der Waals surface area contributed by atoms with E-state index >= 15 is 0 Å². The van der Waals surface area contributed by atoms with Crippen molar-refractivity contribution in [2.24, 2.45) is 0 Å². The number of amides is 1. The second-order valence-electron chi connectivity index (χ2n) is 6.41. The van der Waals surface area contributed by atoms with Crippen LogP contribution in [0.25, 0.3) is 16.4 Å². The quantitative estimate of drug-likeness (QED) is 0.568. The van der Waals surface area contributed by atoms with Gasteiger partial charge in [0.15, 0.2) is 0 Å². The predicted molar refractivity (Wildman–Crippen MR) is 112 cm³/mol. The maximum atomic E-state index is 12.4. The molecule has 28 heavy (non-hydrogen) atoms. The molecule has 3 aromatic rings. The Bertz CT molecular complexity index is 939. The number of unbranched alkanes of at least 4 members (excludes halogenated alkanes) is 1. The minimum Gasteiger partial charge on any atom is -0.497 e. The van der Waals surface area contributed by atoms with E-state index in [0.717, 1.165) is 34.9 Å². The molecular formula is C21H25N3O3S. The van der Waals surface area contributed by atoms with Crippen LogP contribution < -0.4 is 14.8 Å². The Labute approximate surface area is 169 Å². The van der Waals surface area contributed by atoms with Crippen LogP contribution >= 0.6 is 11.3 Å². The third-order valence-corrected chi connectivity index (χ3v) is 5.42. The van der Waals surface area contributed by atoms with Crippen LogP contribution in [0.5, 0.6) is 11.5 Å². The first kappa shape index (κ1) is 19.9. The fourth-order valence-corrected chi connectivity index (χ4v) is 3.70. The highest BCUT2D eigenvalue weighted by Crippen LogP contribution is 2.32. The molecular weight excluding hydrogens is 374 g/mol. The standard InChI is InChI=1S/C21H25N3O3S/c1-5-6-8-22-20(25)18-7-9-24(14(18)2)19-13-28-21(23-19)15-10-16(26-3)12-17(11-15)27-4/h7,9-13H,5-6,8H2,1-4H3,(H,22,25). The molecule has 0 fully saturated rings. The predicted octanol–water partition coefficient (Wildman–Crippen LogP) is 4.46. The van der Waals surface area contributed by atoms with Crippen LogP contribution in [0.15, 0.2) is 35.8 Å². The number of nitrogens with zero attached hydrogens (tertiary/aromatic N) is 2. The van der Waals surface area contributed by atoms with E-state index in [0.29, 0.717) is 23.6 Å². The Hall–Kier alpha value is -2.80. The van der Waals surface area contributed by atoms with Gasteiger partial charge in [0.05, 0.1) is 19.8 Å². The van der Waals surface area contributed by atoms with Gasteiger partial charge in [0.1, 0.15) is 22.3 Å². The molecule has 1 aromatic carbocycles. The first-order chi connectivity index (χ1) is 13.6. The van der Waals surface area contributed by atoms with Crippen LogP contribution in [-0.4, -0.2) is 36.2 Å². The van der Waals surface area contributed by atoms with Gasteiger partial charge in [0.2, 0.25) is 0 Å². The molecule has 1 N–H and O–H groups in total. The summed E-state index contributed by atoms with van der Waals surface area (Å²) in [6.45, 7) is 4.73. The van der Waals surface area contributed by atoms with Crippen LogP contribution in [0.3, 0.4) is 0 Å². The lowest BCUT2D eigenvalue weighted by Gasteiger charge is -2.07. The van der Waals surface area contributed by atoms with Gasteiger partial charge >= 0.3 is 0 Å². The fourth-order valence-electron chi connectivity index (χ4n) is 2.91. The smallest absolute Gasteiger partial charge is 0.253 e. The van der Waals surface area contributed by atoms with E-state index < -0.39 is 0 Å². The van der Waals surface area contributed by atoms with Crippen molar-refractivity contribution in [2.45, 2.75) is 26.7 Å². The average molecular weight is 400 g/mol. The summed E-state index contributed by atoms with van der Waals surface area (Å²) in [6.07, 6.45) is 3.91. The molecule has 0 unspecified atom stereocenters. The van der Waals surface area contributed by atoms with Crippen LogP contribution in [-0.2, 0) is 0 Å². The van der Waals surface area contributed by atoms with E-state index in [9.17, 15) is 4.79 Å². The minimum absolute atomic E-state index is 0.0438. The number of rotatable bonds is 8. The molecule has 0 spiro atoms. The SMILES string of the molecule is CCCCNC(=O)c1ccn(-c2csc(-c3cc(OC)cc(OC)c3)n2)c1C. The lowest BCUT2D eigenvalue weighted by Crippen LogP contribution is -2.24. The van der Waals surface area contributed by atoms with Crippen LogP contribution in [0.1, 0.15) is 35.8 Å². The van der Waals surface area contributed by atoms with Gasteiger partial charge in [0, 0.05) is 35.4 Å². The molecule has 0 atom stereocenters. The van der Waals surface area contributed by atoms with Crippen molar-refractivity contribution >= 4 is 17.2 Å². The van der Waals surface area contributed by atoms with Crippen LogP contribution in [0.2, 0.25) is 0 Å². The highest BCUT2D eigenvalue weighted by molar-refractivity contribution is 7.13. The first-order valence-electron chi connectivity index (χ1n) is 9.22. The number of ether oxygens (including phenoxy) is 2. The van der Waals surface area contributed by atoms with Crippen molar-refractivity contribution in [1.29, 1.82) is 0 Å². The molecule has 0 saturated carbocycles. The summed E-state index contributed by atoms with van der Waals surface area (Å²) < 4.78 is 12.6. The summed E-state index contributed by atoms with van der Waals surface area (Å²) in [5.41, 5.74) is 2.47. The zero-order valence-electron chi connectivity index (χ0n) is 16.6. The number of carbonyl (C=O) groups excluding carboxylic acids is 1. The molecule has 3 rings (SSSR count). The Kier molecular flexibility index (Phi) is 6.36. The van der Waals surface area contributed by atoms with Crippen molar-refractivity contribution in [3.63, 3.8) is 0 Å². The maximum absolute atomic E-state index is 12.4. The zero-order chi connectivity index (χ0) is 20.1. The van der Waals surface area contributed by atoms with Gasteiger partial charge in [-0.05, 0) is 31.5 Å². The molecule has 0 saturated heterocycles. The topological polar surface area (TPSA) is 65.4 Å². The summed E-state index contributed by atoms with van der Waals surface area (Å²) in [7, 11) is 3.25. The van der Waals surface area contributed by atoms with E-state index in [-0.39, 0.29) is 5.91 Å². The molecule has 1 amide bonds. The summed E-state index contributed by atoms with van der Waals surface area (Å²) in [5, 5.41) is 5.80. The number of nitrogens with one attached hydrogen (secondary N) is 1. The van der Waals surface area contributed by atoms with E-state index in [1.807, 2.05) is 47.3 Å². The van der Waals surface area contributed by atoms with Gasteiger partial charge < -0.3 is 19.4 Å². The maximum Gasteiger partial charge on any atom is 0.253 e. The first-order valence-corrected chi connectivity index (χ1v) is 10.1. The summed E-state index contributed by atoms with van der Waals surface area (Å²) >= 11 is 1.54. The second kappa shape index (κ2) is 8.93. The molecule has 0 aliphatic heterocycles. The van der Waals surface area contributed by atoms with Gasteiger partial charge in [-0.3, -0.25) is 4.79 Å². The average Bonchev–Trinajstić information content (AvgIpc) is 3.34. The Morgan fingerprint density at radius 2 is 1.93 bits per heavy atom. The number of hydrogen-bond donors (Lipinski definition) is 1. The summed E-state index contributed by atoms with van der Waals surface area (Å²) in [5.74, 6) is 2.17. The number of aromatic nitrogens is 2. The molecule has 0 aliphatic carbocycles. The van der Waals surface area contributed by atoms with E-state index in [1.165, 1.54) is 11.3 Å². The molecule has 148 valence electrons. The molecule has 6 nitrogen and oxygen atoms in total. The number of benzene rings is 1. The van der Waals surface area contributed by atoms with Gasteiger partial charge in [-0.2, -0.15) is 0 Å². The molecule has 0 bridgehead atoms. The lowest BCUT2D eigenvalue weighted by molar-refractivity contribution is 0.0952. The van der Waals surface area contributed by atoms with Crippen LogP contribution in [0, 0.1) is 6.92 Å². The number of methoxy groups -OCH3 is 2. The van der Waals surface area contributed by atoms with E-state index in [4.69, 9.17) is 14.5 Å². The van der Waals surface area contributed by atoms with Crippen molar-refractivity contribution < 1.29 is 14.3 Å². The Morgan fingerprint density at radius 3 is 2.57 bits per heavy atom. The lowest BCUT2D eigenvalue weighted by atomic mass is 10.2. The number of hydrogen-bond acceptors (Lipinski definition) is 5. The zero-order valence-corrected chi connectivity index (χ0v) is 17.4. The van der Waals surface area contributed by atoms with Crippen molar-refractivity contribution in [1.82, 2.24) is 14.9 Å². The monoisotopic (exact) mass is 399 g/mol. The largest absolute Gasteiger partial charge is 0.497 e. The third kappa shape index (κ3) is 4.20. The Balaban J connectivity index is 1.86. The molecule has 0 radical (unpaired) electrons. The van der Waals surface area contributed by atoms with Gasteiger partial charge in [-0.25, -0.2) is 4.98 Å². The molecule has 7 heteroatoms. The molecule has 2 heterocycles. The highest BCUT2D eigenvalue weighted by atomic mass is 32.1. The van der Waals surface area contributed by atoms with Crippen molar-refractivity contribution in [3.05, 3.63) is 47.1 Å². The summed E-state index contributed by atoms with van der Waals surface area (Å²) in [6, 6.07) is 7.53. The van der Waals surface area contributed by atoms with Crippen molar-refractivity contribution in [3.8, 4) is 27.9 Å². The number of carbonyl (C=O) groups is 1. The third-order valence-electron chi connectivity index (χ3n) is 4.54. The van der Waals surface area contributed by atoms with Gasteiger partial charge in [-0.1, -0.05) is 13.3 Å². The van der Waals surface area contributed by atoms with E-state index in [2.05, 4.69) is 12.2 Å². The van der Waals surface area contributed by atoms with Gasteiger partial charge in [0.25, 0.3) is 5.91 Å². The van der Waals surface area contributed by atoms with Crippen molar-refractivity contribution in [2.75, 3.05) is 20.8 Å². The summed E-state index contributed by atoms with van der Waals surface area (Å²) in [4.78, 5) is 17.1. The van der Waals surface area contributed by atoms with E-state index in [1.54, 1.807) is 14.2 Å². The Morgan fingerprint density at radius 1 is 1.21 bits per heavy atom. The van der Waals surface area contributed by atoms with Gasteiger partial charge in [-0.15, -0.1) is 11.3 Å². The normalized spacial score (nSPS) is 10.7. The number of thiazole rings is 1. The highest BCUT2D eigenvalue weighted by Gasteiger charge is 2.16. The molecule has 2 aromatic heterocycles.